The van der Waals surface area contributed by atoms with Crippen molar-refractivity contribution in [1.29, 1.82) is 0 Å². The minimum Gasteiger partial charge on any atom is -0.382 e. The third kappa shape index (κ3) is 1.31. The van der Waals surface area contributed by atoms with Gasteiger partial charge in [-0.25, -0.2) is 0 Å². The van der Waals surface area contributed by atoms with Gasteiger partial charge in [0.05, 0.1) is 0 Å². The largest absolute Gasteiger partial charge is 0.382 e. The molecule has 1 saturated carbocycles. The maximum absolute atomic E-state index is 3.67. The minimum atomic E-state index is 0.748. The Labute approximate surface area is 85.5 Å². The summed E-state index contributed by atoms with van der Waals surface area (Å²) in [5.74, 6) is 0.833. The van der Waals surface area contributed by atoms with E-state index in [4.69, 9.17) is 0 Å². The normalized spacial score (nSPS) is 30.0. The van der Waals surface area contributed by atoms with Gasteiger partial charge in [0.1, 0.15) is 0 Å². The van der Waals surface area contributed by atoms with E-state index in [0.717, 1.165) is 12.0 Å². The van der Waals surface area contributed by atoms with E-state index in [0.29, 0.717) is 0 Å². The third-order valence-electron chi connectivity index (χ3n) is 3.68. The van der Waals surface area contributed by atoms with E-state index in [2.05, 4.69) is 29.6 Å². The average molecular weight is 187 g/mol. The van der Waals surface area contributed by atoms with E-state index >= 15 is 0 Å². The maximum Gasteiger partial charge on any atom is 0.0377 e. The summed E-state index contributed by atoms with van der Waals surface area (Å²) in [6, 6.07) is 9.60. The Morgan fingerprint density at radius 1 is 1.07 bits per heavy atom. The molecule has 74 valence electrons. The lowest BCUT2D eigenvalue weighted by molar-refractivity contribution is 0.539. The van der Waals surface area contributed by atoms with Gasteiger partial charge in [0.15, 0.2) is 0 Å². The fraction of sp³-hybridized carbons (Fsp3) is 0.538. The molecule has 14 heavy (non-hydrogen) atoms. The van der Waals surface area contributed by atoms with Gasteiger partial charge in [-0.1, -0.05) is 31.0 Å². The van der Waals surface area contributed by atoms with Crippen LogP contribution >= 0.6 is 0 Å². The summed E-state index contributed by atoms with van der Waals surface area (Å²) in [7, 11) is 0. The SMILES string of the molecule is c1ccc2c(c1)NC1CCCCC2C1. The quantitative estimate of drug-likeness (QED) is 0.655. The van der Waals surface area contributed by atoms with Crippen LogP contribution in [0.2, 0.25) is 0 Å². The number of nitrogens with one attached hydrogen (secondary N) is 1. The summed E-state index contributed by atoms with van der Waals surface area (Å²) in [6.45, 7) is 0. The van der Waals surface area contributed by atoms with Gasteiger partial charge >= 0.3 is 0 Å². The number of hydrogen-bond donors (Lipinski definition) is 1. The highest BCUT2D eigenvalue weighted by molar-refractivity contribution is 5.55. The maximum atomic E-state index is 3.67. The Morgan fingerprint density at radius 3 is 2.93 bits per heavy atom. The highest BCUT2D eigenvalue weighted by Crippen LogP contribution is 2.40. The van der Waals surface area contributed by atoms with Crippen molar-refractivity contribution in [3.05, 3.63) is 29.8 Å². The zero-order valence-corrected chi connectivity index (χ0v) is 8.50. The van der Waals surface area contributed by atoms with Crippen molar-refractivity contribution in [2.45, 2.75) is 44.1 Å². The molecular weight excluding hydrogens is 170 g/mol. The van der Waals surface area contributed by atoms with Crippen molar-refractivity contribution in [2.75, 3.05) is 5.32 Å². The van der Waals surface area contributed by atoms with Gasteiger partial charge in [-0.2, -0.15) is 0 Å². The Kier molecular flexibility index (Phi) is 1.97. The number of rotatable bonds is 0. The summed E-state index contributed by atoms with van der Waals surface area (Å²) in [4.78, 5) is 0. The van der Waals surface area contributed by atoms with Gasteiger partial charge in [0, 0.05) is 11.7 Å². The van der Waals surface area contributed by atoms with Crippen molar-refractivity contribution in [3.8, 4) is 0 Å². The summed E-state index contributed by atoms with van der Waals surface area (Å²) in [5, 5.41) is 3.67. The van der Waals surface area contributed by atoms with Gasteiger partial charge in [-0.3, -0.25) is 0 Å². The number of hydrogen-bond acceptors (Lipinski definition) is 1. The number of para-hydroxylation sites is 1. The summed E-state index contributed by atoms with van der Waals surface area (Å²) >= 11 is 0. The van der Waals surface area contributed by atoms with Crippen molar-refractivity contribution in [2.24, 2.45) is 0 Å². The fourth-order valence-electron chi connectivity index (χ4n) is 2.98. The number of anilines is 1. The Bertz CT molecular complexity index is 332. The van der Waals surface area contributed by atoms with Crippen LogP contribution in [0.25, 0.3) is 0 Å². The van der Waals surface area contributed by atoms with E-state index in [1.165, 1.54) is 37.8 Å². The molecule has 1 aromatic carbocycles. The minimum absolute atomic E-state index is 0.748. The van der Waals surface area contributed by atoms with Crippen LogP contribution in [0.5, 0.6) is 0 Å². The molecule has 2 bridgehead atoms. The second-order valence-corrected chi connectivity index (χ2v) is 4.65. The van der Waals surface area contributed by atoms with E-state index in [1.807, 2.05) is 0 Å². The summed E-state index contributed by atoms with van der Waals surface area (Å²) < 4.78 is 0. The summed E-state index contributed by atoms with van der Waals surface area (Å²) in [6.07, 6.45) is 6.94. The molecule has 1 N–H and O–H groups in total. The van der Waals surface area contributed by atoms with Crippen LogP contribution in [0.15, 0.2) is 24.3 Å². The molecule has 0 spiro atoms. The predicted molar refractivity (Wildman–Crippen MR) is 59.7 cm³/mol. The van der Waals surface area contributed by atoms with Gasteiger partial charge in [-0.15, -0.1) is 0 Å². The Hall–Kier alpha value is -0.980. The van der Waals surface area contributed by atoms with Crippen LogP contribution in [0.4, 0.5) is 5.69 Å². The molecule has 1 aliphatic heterocycles. The smallest absolute Gasteiger partial charge is 0.0377 e. The highest BCUT2D eigenvalue weighted by Gasteiger charge is 2.27. The standard InChI is InChI=1S/C13H17N/c1-2-6-11-9-10(5-1)12-7-3-4-8-13(12)14-11/h3-4,7-8,10-11,14H,1-2,5-6,9H2. The Morgan fingerprint density at radius 2 is 1.93 bits per heavy atom. The average Bonchev–Trinajstić information content (AvgIpc) is 2.41. The van der Waals surface area contributed by atoms with Crippen LogP contribution in [-0.2, 0) is 0 Å². The van der Waals surface area contributed by atoms with E-state index < -0.39 is 0 Å². The lowest BCUT2D eigenvalue weighted by Gasteiger charge is -2.31. The third-order valence-corrected chi connectivity index (χ3v) is 3.68. The first-order valence-corrected chi connectivity index (χ1v) is 5.79. The second-order valence-electron chi connectivity index (χ2n) is 4.65. The number of benzene rings is 1. The molecule has 1 fully saturated rings. The molecule has 0 aromatic heterocycles. The lowest BCUT2D eigenvalue weighted by atomic mass is 9.86. The topological polar surface area (TPSA) is 12.0 Å². The lowest BCUT2D eigenvalue weighted by Crippen LogP contribution is -2.26. The van der Waals surface area contributed by atoms with Crippen LogP contribution < -0.4 is 5.32 Å². The molecule has 1 aliphatic carbocycles. The molecule has 1 aromatic rings. The monoisotopic (exact) mass is 187 g/mol. The molecule has 1 heteroatoms. The van der Waals surface area contributed by atoms with Crippen molar-refractivity contribution < 1.29 is 0 Å². The van der Waals surface area contributed by atoms with Crippen LogP contribution in [-0.4, -0.2) is 6.04 Å². The highest BCUT2D eigenvalue weighted by atomic mass is 14.9. The van der Waals surface area contributed by atoms with Crippen molar-refractivity contribution in [1.82, 2.24) is 0 Å². The molecule has 2 unspecified atom stereocenters. The molecular formula is C13H17N. The van der Waals surface area contributed by atoms with Gasteiger partial charge < -0.3 is 5.32 Å². The molecule has 1 nitrogen and oxygen atoms in total. The van der Waals surface area contributed by atoms with Crippen molar-refractivity contribution >= 4 is 5.69 Å². The van der Waals surface area contributed by atoms with E-state index in [-0.39, 0.29) is 0 Å². The predicted octanol–water partition coefficient (Wildman–Crippen LogP) is 3.53. The summed E-state index contributed by atoms with van der Waals surface area (Å²) in [5.41, 5.74) is 2.96. The van der Waals surface area contributed by atoms with Gasteiger partial charge in [0.2, 0.25) is 0 Å². The molecule has 3 rings (SSSR count). The molecule has 1 heterocycles. The number of fused-ring (bicyclic) bond motifs is 4. The molecule has 0 radical (unpaired) electrons. The van der Waals surface area contributed by atoms with E-state index in [1.54, 1.807) is 5.56 Å². The first kappa shape index (κ1) is 8.34. The van der Waals surface area contributed by atoms with Crippen molar-refractivity contribution in [3.63, 3.8) is 0 Å². The molecule has 2 aliphatic rings. The second kappa shape index (κ2) is 3.30. The van der Waals surface area contributed by atoms with E-state index in [9.17, 15) is 0 Å². The fourth-order valence-corrected chi connectivity index (χ4v) is 2.98. The molecule has 2 atom stereocenters. The molecule has 0 saturated heterocycles. The first-order chi connectivity index (χ1) is 6.93. The van der Waals surface area contributed by atoms with Gasteiger partial charge in [0.25, 0.3) is 0 Å². The van der Waals surface area contributed by atoms with Gasteiger partial charge in [-0.05, 0) is 36.8 Å². The van der Waals surface area contributed by atoms with Crippen LogP contribution in [0.1, 0.15) is 43.6 Å². The molecule has 0 amide bonds. The zero-order chi connectivity index (χ0) is 9.38. The zero-order valence-electron chi connectivity index (χ0n) is 8.50. The van der Waals surface area contributed by atoms with Crippen LogP contribution in [0.3, 0.4) is 0 Å². The van der Waals surface area contributed by atoms with Crippen LogP contribution in [0, 0.1) is 0 Å². The Balaban J connectivity index is 2.01. The first-order valence-electron chi connectivity index (χ1n) is 5.79.